The van der Waals surface area contributed by atoms with Gasteiger partial charge in [0.2, 0.25) is 0 Å². The highest BCUT2D eigenvalue weighted by atomic mass is 19.4. The lowest BCUT2D eigenvalue weighted by Gasteiger charge is -2.28. The minimum Gasteiger partial charge on any atom is -0.388 e. The summed E-state index contributed by atoms with van der Waals surface area (Å²) in [4.78, 5) is 13.8. The molecule has 0 bridgehead atoms. The predicted molar refractivity (Wildman–Crippen MR) is 68.8 cm³/mol. The first-order valence-electron chi connectivity index (χ1n) is 6.58. The molecular weight excluding hydrogens is 287 g/mol. The molecular formula is C14H16F3NO3. The Hall–Kier alpha value is -1.60. The molecule has 1 N–H and O–H groups in total. The second-order valence-electron chi connectivity index (χ2n) is 4.84. The van der Waals surface area contributed by atoms with Crippen molar-refractivity contribution in [1.82, 2.24) is 4.90 Å². The third kappa shape index (κ3) is 3.36. The Morgan fingerprint density at radius 3 is 2.38 bits per heavy atom. The maximum Gasteiger partial charge on any atom is 0.416 e. The molecule has 0 aliphatic carbocycles. The molecule has 7 heteroatoms. The number of halogens is 3. The number of carbonyl (C=O) groups is 1. The highest BCUT2D eigenvalue weighted by Gasteiger charge is 2.35. The van der Waals surface area contributed by atoms with Crippen LogP contribution in [0.25, 0.3) is 0 Å². The number of benzene rings is 1. The Kier molecular flexibility index (Phi) is 4.53. The fraction of sp³-hybridized carbons (Fsp3) is 0.500. The van der Waals surface area contributed by atoms with Crippen molar-refractivity contribution < 1.29 is 27.8 Å². The van der Waals surface area contributed by atoms with Crippen LogP contribution in [0.3, 0.4) is 0 Å². The molecule has 4 nitrogen and oxygen atoms in total. The van der Waals surface area contributed by atoms with E-state index in [2.05, 4.69) is 0 Å². The first kappa shape index (κ1) is 15.8. The summed E-state index contributed by atoms with van der Waals surface area (Å²) in [5, 5.41) is 9.77. The lowest BCUT2D eigenvalue weighted by molar-refractivity contribution is -0.137. The van der Waals surface area contributed by atoms with E-state index in [1.54, 1.807) is 6.92 Å². The Morgan fingerprint density at radius 2 is 1.95 bits per heavy atom. The summed E-state index contributed by atoms with van der Waals surface area (Å²) in [6, 6.07) is 3.59. The second-order valence-corrected chi connectivity index (χ2v) is 4.84. The molecule has 116 valence electrons. The van der Waals surface area contributed by atoms with E-state index in [1.807, 2.05) is 0 Å². The number of rotatable bonds is 3. The maximum atomic E-state index is 12.5. The molecule has 1 aromatic carbocycles. The Labute approximate surface area is 120 Å². The van der Waals surface area contributed by atoms with E-state index in [4.69, 9.17) is 4.74 Å². The van der Waals surface area contributed by atoms with Crippen LogP contribution in [0.4, 0.5) is 13.2 Å². The molecule has 1 heterocycles. The highest BCUT2D eigenvalue weighted by molar-refractivity contribution is 5.94. The molecule has 0 spiro atoms. The zero-order chi connectivity index (χ0) is 15.6. The normalized spacial score (nSPS) is 22.3. The first-order valence-corrected chi connectivity index (χ1v) is 6.58. The molecule has 0 unspecified atom stereocenters. The van der Waals surface area contributed by atoms with Gasteiger partial charge in [0, 0.05) is 12.1 Å². The van der Waals surface area contributed by atoms with Gasteiger partial charge in [-0.05, 0) is 31.2 Å². The van der Waals surface area contributed by atoms with Crippen molar-refractivity contribution in [3.8, 4) is 0 Å². The molecule has 1 aliphatic heterocycles. The first-order chi connectivity index (χ1) is 9.84. The standard InChI is InChI=1S/C14H16F3NO3/c1-2-18(11-7-21-8-12(11)19)13(20)9-3-5-10(6-4-9)14(15,16)17/h3-6,11-12,19H,2,7-8H2,1H3/t11-,12-/m0/s1. The van der Waals surface area contributed by atoms with Gasteiger partial charge in [0.1, 0.15) is 0 Å². The fourth-order valence-corrected chi connectivity index (χ4v) is 2.33. The number of carbonyl (C=O) groups excluding carboxylic acids is 1. The van der Waals surface area contributed by atoms with Crippen LogP contribution in [0.15, 0.2) is 24.3 Å². The summed E-state index contributed by atoms with van der Waals surface area (Å²) in [6.07, 6.45) is -5.20. The zero-order valence-electron chi connectivity index (χ0n) is 11.4. The van der Waals surface area contributed by atoms with Crippen LogP contribution in [0, 0.1) is 0 Å². The number of hydrogen-bond donors (Lipinski definition) is 1. The van der Waals surface area contributed by atoms with E-state index in [1.165, 1.54) is 4.90 Å². The number of aliphatic hydroxyl groups excluding tert-OH is 1. The molecule has 1 amide bonds. The summed E-state index contributed by atoms with van der Waals surface area (Å²) >= 11 is 0. The summed E-state index contributed by atoms with van der Waals surface area (Å²) < 4.78 is 42.6. The monoisotopic (exact) mass is 303 g/mol. The molecule has 1 saturated heterocycles. The van der Waals surface area contributed by atoms with Gasteiger partial charge in [-0.15, -0.1) is 0 Å². The fourth-order valence-electron chi connectivity index (χ4n) is 2.33. The topological polar surface area (TPSA) is 49.8 Å². The summed E-state index contributed by atoms with van der Waals surface area (Å²) in [5.41, 5.74) is -0.643. The van der Waals surface area contributed by atoms with E-state index < -0.39 is 29.8 Å². The van der Waals surface area contributed by atoms with Crippen LogP contribution in [0.2, 0.25) is 0 Å². The molecule has 2 rings (SSSR count). The lowest BCUT2D eigenvalue weighted by Crippen LogP contribution is -2.46. The van der Waals surface area contributed by atoms with Crippen LogP contribution in [-0.4, -0.2) is 47.8 Å². The van der Waals surface area contributed by atoms with E-state index in [-0.39, 0.29) is 18.8 Å². The Balaban J connectivity index is 2.18. The van der Waals surface area contributed by atoms with Crippen molar-refractivity contribution in [3.63, 3.8) is 0 Å². The average Bonchev–Trinajstić information content (AvgIpc) is 2.85. The largest absolute Gasteiger partial charge is 0.416 e. The lowest BCUT2D eigenvalue weighted by atomic mass is 10.1. The molecule has 0 saturated carbocycles. The van der Waals surface area contributed by atoms with Crippen LogP contribution in [0.1, 0.15) is 22.8 Å². The molecule has 21 heavy (non-hydrogen) atoms. The van der Waals surface area contributed by atoms with Gasteiger partial charge in [-0.1, -0.05) is 0 Å². The molecule has 0 aromatic heterocycles. The van der Waals surface area contributed by atoms with Crippen LogP contribution < -0.4 is 0 Å². The number of nitrogens with zero attached hydrogens (tertiary/aromatic N) is 1. The SMILES string of the molecule is CCN(C(=O)c1ccc(C(F)(F)F)cc1)[C@H]1COC[C@@H]1O. The third-order valence-corrected chi connectivity index (χ3v) is 3.48. The van der Waals surface area contributed by atoms with Crippen molar-refractivity contribution in [1.29, 1.82) is 0 Å². The average molecular weight is 303 g/mol. The maximum absolute atomic E-state index is 12.5. The van der Waals surface area contributed by atoms with Crippen molar-refractivity contribution in [3.05, 3.63) is 35.4 Å². The minimum absolute atomic E-state index is 0.154. The Bertz CT molecular complexity index is 501. The zero-order valence-corrected chi connectivity index (χ0v) is 11.4. The predicted octanol–water partition coefficient (Wildman–Crippen LogP) is 1.93. The molecule has 1 fully saturated rings. The Morgan fingerprint density at radius 1 is 1.33 bits per heavy atom. The highest BCUT2D eigenvalue weighted by Crippen LogP contribution is 2.29. The van der Waals surface area contributed by atoms with Gasteiger partial charge >= 0.3 is 6.18 Å². The van der Waals surface area contributed by atoms with Crippen LogP contribution in [-0.2, 0) is 10.9 Å². The smallest absolute Gasteiger partial charge is 0.388 e. The van der Waals surface area contributed by atoms with E-state index in [0.717, 1.165) is 24.3 Å². The van der Waals surface area contributed by atoms with Gasteiger partial charge in [0.25, 0.3) is 5.91 Å². The minimum atomic E-state index is -4.43. The van der Waals surface area contributed by atoms with E-state index in [9.17, 15) is 23.1 Å². The molecule has 0 radical (unpaired) electrons. The van der Waals surface area contributed by atoms with E-state index in [0.29, 0.717) is 6.54 Å². The van der Waals surface area contributed by atoms with Gasteiger partial charge in [-0.2, -0.15) is 13.2 Å². The molecule has 1 aromatic rings. The van der Waals surface area contributed by atoms with Crippen LogP contribution >= 0.6 is 0 Å². The number of hydrogen-bond acceptors (Lipinski definition) is 3. The van der Waals surface area contributed by atoms with Crippen molar-refractivity contribution in [2.24, 2.45) is 0 Å². The van der Waals surface area contributed by atoms with E-state index >= 15 is 0 Å². The second kappa shape index (κ2) is 6.03. The van der Waals surface area contributed by atoms with Crippen LogP contribution in [0.5, 0.6) is 0 Å². The summed E-state index contributed by atoms with van der Waals surface area (Å²) in [6.45, 7) is 2.46. The quantitative estimate of drug-likeness (QED) is 0.928. The number of likely N-dealkylation sites (N-methyl/N-ethyl adjacent to an activating group) is 1. The van der Waals surface area contributed by atoms with Crippen molar-refractivity contribution in [2.75, 3.05) is 19.8 Å². The number of ether oxygens (including phenoxy) is 1. The number of aliphatic hydroxyl groups is 1. The third-order valence-electron chi connectivity index (χ3n) is 3.48. The molecule has 1 aliphatic rings. The van der Waals surface area contributed by atoms with Gasteiger partial charge in [-0.25, -0.2) is 0 Å². The van der Waals surface area contributed by atoms with Crippen molar-refractivity contribution >= 4 is 5.91 Å². The van der Waals surface area contributed by atoms with Gasteiger partial charge in [0.15, 0.2) is 0 Å². The van der Waals surface area contributed by atoms with Gasteiger partial charge in [-0.3, -0.25) is 4.79 Å². The summed E-state index contributed by atoms with van der Waals surface area (Å²) in [7, 11) is 0. The number of amides is 1. The number of alkyl halides is 3. The van der Waals surface area contributed by atoms with Crippen molar-refractivity contribution in [2.45, 2.75) is 25.2 Å². The van der Waals surface area contributed by atoms with Gasteiger partial charge < -0.3 is 14.7 Å². The van der Waals surface area contributed by atoms with Gasteiger partial charge in [0.05, 0.1) is 30.9 Å². The molecule has 2 atom stereocenters. The summed E-state index contributed by atoms with van der Waals surface area (Å²) in [5.74, 6) is -0.416.